The van der Waals surface area contributed by atoms with Crippen molar-refractivity contribution in [1.29, 1.82) is 5.26 Å². The lowest BCUT2D eigenvalue weighted by molar-refractivity contribution is -0.118. The maximum absolute atomic E-state index is 13.6. The Morgan fingerprint density at radius 1 is 1.18 bits per heavy atom. The summed E-state index contributed by atoms with van der Waals surface area (Å²) < 4.78 is 18.8. The normalized spacial score (nSPS) is 19.3. The van der Waals surface area contributed by atoms with Crippen LogP contribution in [0.15, 0.2) is 70.4 Å². The Balaban J connectivity index is 1.68. The van der Waals surface area contributed by atoms with E-state index in [0.717, 1.165) is 5.70 Å². The molecule has 1 atom stereocenters. The molecule has 7 heteroatoms. The van der Waals surface area contributed by atoms with E-state index >= 15 is 0 Å². The number of thioether (sulfide) groups is 1. The van der Waals surface area contributed by atoms with Crippen molar-refractivity contribution in [3.63, 3.8) is 0 Å². The van der Waals surface area contributed by atoms with Crippen LogP contribution < -0.4 is 10.1 Å². The van der Waals surface area contributed by atoms with E-state index in [1.54, 1.807) is 43.5 Å². The van der Waals surface area contributed by atoms with Gasteiger partial charge in [0, 0.05) is 23.3 Å². The molecule has 0 amide bonds. The van der Waals surface area contributed by atoms with Crippen molar-refractivity contribution in [3.05, 3.63) is 87.3 Å². The lowest BCUT2D eigenvalue weighted by atomic mass is 9.69. The zero-order chi connectivity index (χ0) is 24.5. The molecular weight excluding hydrogens is 451 g/mol. The average molecular weight is 477 g/mol. The molecule has 2 aromatic rings. The van der Waals surface area contributed by atoms with Gasteiger partial charge in [-0.25, -0.2) is 4.39 Å². The number of nitrogens with zero attached hydrogens (tertiary/aromatic N) is 1. The summed E-state index contributed by atoms with van der Waals surface area (Å²) in [6.45, 7) is 4.07. The Hall–Kier alpha value is -3.37. The van der Waals surface area contributed by atoms with E-state index in [-0.39, 0.29) is 28.6 Å². The molecule has 0 saturated carbocycles. The molecule has 5 nitrogen and oxygen atoms in total. The van der Waals surface area contributed by atoms with Crippen molar-refractivity contribution >= 4 is 23.3 Å². The van der Waals surface area contributed by atoms with Gasteiger partial charge in [0.15, 0.2) is 11.6 Å². The number of dihydropyridines is 1. The topological polar surface area (TPSA) is 79.2 Å². The van der Waals surface area contributed by atoms with Crippen LogP contribution in [0.5, 0.6) is 5.75 Å². The molecule has 1 unspecified atom stereocenters. The molecule has 1 heterocycles. The molecule has 2 aliphatic rings. The fraction of sp³-hybridized carbons (Fsp3) is 0.296. The number of carbonyl (C=O) groups excluding carboxylic acids is 2. The number of nitrogens with one attached hydrogen (secondary N) is 1. The number of methoxy groups -OCH3 is 1. The van der Waals surface area contributed by atoms with Crippen LogP contribution >= 0.6 is 11.8 Å². The summed E-state index contributed by atoms with van der Waals surface area (Å²) in [5, 5.41) is 14.0. The van der Waals surface area contributed by atoms with Crippen LogP contribution in [0.1, 0.15) is 48.5 Å². The molecule has 174 valence electrons. The molecule has 1 aliphatic carbocycles. The number of halogens is 1. The van der Waals surface area contributed by atoms with Crippen LogP contribution in [0.25, 0.3) is 0 Å². The first-order valence-electron chi connectivity index (χ1n) is 11.0. The third-order valence-corrected chi connectivity index (χ3v) is 7.11. The molecule has 0 saturated heterocycles. The number of allylic oxidation sites excluding steroid dienone is 3. The van der Waals surface area contributed by atoms with Gasteiger partial charge in [-0.15, -0.1) is 0 Å². The van der Waals surface area contributed by atoms with Gasteiger partial charge in [-0.1, -0.05) is 37.7 Å². The molecular formula is C27H25FN2O3S. The van der Waals surface area contributed by atoms with Crippen LogP contribution in [0.2, 0.25) is 0 Å². The zero-order valence-electron chi connectivity index (χ0n) is 19.3. The first kappa shape index (κ1) is 23.8. The molecule has 1 N–H and O–H groups in total. The lowest BCUT2D eigenvalue weighted by Gasteiger charge is -2.39. The lowest BCUT2D eigenvalue weighted by Crippen LogP contribution is -2.37. The number of ketones is 2. The van der Waals surface area contributed by atoms with Crippen molar-refractivity contribution in [1.82, 2.24) is 5.32 Å². The molecule has 2 aromatic carbocycles. The van der Waals surface area contributed by atoms with E-state index < -0.39 is 5.92 Å². The summed E-state index contributed by atoms with van der Waals surface area (Å²) in [5.74, 6) is -0.291. The van der Waals surface area contributed by atoms with Crippen LogP contribution in [-0.2, 0) is 4.79 Å². The SMILES string of the molecule is COc1ccc(C(=O)CSC2=C(C#N)C(c3ccc(F)cc3)C3=C(CC(C)(C)CC3=O)N2)cc1. The highest BCUT2D eigenvalue weighted by molar-refractivity contribution is 8.03. The Morgan fingerprint density at radius 3 is 2.47 bits per heavy atom. The molecule has 0 fully saturated rings. The number of ether oxygens (including phenoxy) is 1. The largest absolute Gasteiger partial charge is 0.497 e. The summed E-state index contributed by atoms with van der Waals surface area (Å²) in [5.41, 5.74) is 2.70. The molecule has 34 heavy (non-hydrogen) atoms. The minimum absolute atomic E-state index is 0.0146. The predicted molar refractivity (Wildman–Crippen MR) is 130 cm³/mol. The molecule has 0 radical (unpaired) electrons. The van der Waals surface area contributed by atoms with Crippen LogP contribution in [0, 0.1) is 22.6 Å². The summed E-state index contributed by atoms with van der Waals surface area (Å²) >= 11 is 1.25. The summed E-state index contributed by atoms with van der Waals surface area (Å²) in [4.78, 5) is 26.0. The fourth-order valence-corrected chi connectivity index (χ4v) is 5.43. The minimum atomic E-state index is -0.593. The number of carbonyl (C=O) groups is 2. The van der Waals surface area contributed by atoms with Crippen molar-refractivity contribution in [2.45, 2.75) is 32.6 Å². The monoisotopic (exact) mass is 476 g/mol. The van der Waals surface area contributed by atoms with Crippen LogP contribution in [-0.4, -0.2) is 24.4 Å². The molecule has 1 aliphatic heterocycles. The molecule has 0 bridgehead atoms. The van der Waals surface area contributed by atoms with Gasteiger partial charge >= 0.3 is 0 Å². The number of nitriles is 1. The number of hydrogen-bond donors (Lipinski definition) is 1. The Bertz CT molecular complexity index is 1240. The van der Waals surface area contributed by atoms with Crippen molar-refractivity contribution in [2.75, 3.05) is 12.9 Å². The number of hydrogen-bond acceptors (Lipinski definition) is 6. The van der Waals surface area contributed by atoms with Gasteiger partial charge in [-0.3, -0.25) is 9.59 Å². The number of rotatable bonds is 6. The van der Waals surface area contributed by atoms with E-state index in [1.807, 2.05) is 13.8 Å². The van der Waals surface area contributed by atoms with Gasteiger partial charge in [0.05, 0.1) is 35.5 Å². The minimum Gasteiger partial charge on any atom is -0.497 e. The fourth-order valence-electron chi connectivity index (χ4n) is 4.48. The predicted octanol–water partition coefficient (Wildman–Crippen LogP) is 5.52. The molecule has 4 rings (SSSR count). The summed E-state index contributed by atoms with van der Waals surface area (Å²) in [7, 11) is 1.56. The molecule has 0 spiro atoms. The second-order valence-electron chi connectivity index (χ2n) is 9.24. The van der Waals surface area contributed by atoms with Gasteiger partial charge in [-0.05, 0) is 53.8 Å². The molecule has 0 aromatic heterocycles. The summed E-state index contributed by atoms with van der Waals surface area (Å²) in [6.07, 6.45) is 1.02. The van der Waals surface area contributed by atoms with Gasteiger partial charge in [0.25, 0.3) is 0 Å². The van der Waals surface area contributed by atoms with E-state index in [2.05, 4.69) is 11.4 Å². The van der Waals surface area contributed by atoms with Gasteiger partial charge in [0.2, 0.25) is 0 Å². The van der Waals surface area contributed by atoms with Crippen molar-refractivity contribution in [3.8, 4) is 11.8 Å². The number of Topliss-reactive ketones (excluding diaryl/α,β-unsaturated/α-hetero) is 2. The van der Waals surface area contributed by atoms with Crippen molar-refractivity contribution < 1.29 is 18.7 Å². The Kier molecular flexibility index (Phi) is 6.63. The van der Waals surface area contributed by atoms with Gasteiger partial charge in [-0.2, -0.15) is 5.26 Å². The van der Waals surface area contributed by atoms with Gasteiger partial charge in [0.1, 0.15) is 11.6 Å². The second-order valence-corrected chi connectivity index (χ2v) is 10.2. The second kappa shape index (κ2) is 9.47. The van der Waals surface area contributed by atoms with Crippen molar-refractivity contribution in [2.24, 2.45) is 5.41 Å². The first-order valence-corrected chi connectivity index (χ1v) is 11.9. The maximum Gasteiger partial charge on any atom is 0.173 e. The third kappa shape index (κ3) is 4.78. The maximum atomic E-state index is 13.6. The third-order valence-electron chi connectivity index (χ3n) is 6.09. The van der Waals surface area contributed by atoms with Crippen LogP contribution in [0.4, 0.5) is 4.39 Å². The van der Waals surface area contributed by atoms with Crippen LogP contribution in [0.3, 0.4) is 0 Å². The highest BCUT2D eigenvalue weighted by Crippen LogP contribution is 2.47. The first-order chi connectivity index (χ1) is 16.2. The quantitative estimate of drug-likeness (QED) is 0.554. The smallest absolute Gasteiger partial charge is 0.173 e. The van der Waals surface area contributed by atoms with E-state index in [0.29, 0.717) is 45.9 Å². The van der Waals surface area contributed by atoms with Gasteiger partial charge < -0.3 is 10.1 Å². The zero-order valence-corrected chi connectivity index (χ0v) is 20.1. The Morgan fingerprint density at radius 2 is 1.85 bits per heavy atom. The highest BCUT2D eigenvalue weighted by atomic mass is 32.2. The standard InChI is InChI=1S/C27H25FN2O3S/c1-27(2)12-21-25(22(31)13-27)24(17-4-8-18(28)9-5-17)20(14-29)26(30-21)34-15-23(32)16-6-10-19(33-3)11-7-16/h4-11,24,30H,12-13,15H2,1-3H3. The Labute approximate surface area is 202 Å². The highest BCUT2D eigenvalue weighted by Gasteiger charge is 2.41. The van der Waals surface area contributed by atoms with E-state index in [9.17, 15) is 19.2 Å². The summed E-state index contributed by atoms with van der Waals surface area (Å²) in [6, 6.07) is 15.0. The van der Waals surface area contributed by atoms with E-state index in [4.69, 9.17) is 4.74 Å². The average Bonchev–Trinajstić information content (AvgIpc) is 2.81. The van der Waals surface area contributed by atoms with E-state index in [1.165, 1.54) is 23.9 Å². The number of benzene rings is 2.